The molecule has 1 aliphatic rings. The summed E-state index contributed by atoms with van der Waals surface area (Å²) in [6.45, 7) is 0. The van der Waals surface area contributed by atoms with E-state index in [-0.39, 0.29) is 0 Å². The number of nitrogens with zero attached hydrogens (tertiary/aromatic N) is 1. The number of aliphatic imine (C=N–C) groups is 1. The van der Waals surface area contributed by atoms with Gasteiger partial charge >= 0.3 is 0 Å². The lowest BCUT2D eigenvalue weighted by atomic mass is 10.6. The minimum absolute atomic E-state index is 0.405. The molecule has 2 N–H and O–H groups in total. The van der Waals surface area contributed by atoms with E-state index in [1.54, 1.807) is 0 Å². The molecule has 4 nitrogen and oxygen atoms in total. The standard InChI is InChI=1S/C4H6BrN3O/c5-1-3-6-4(2-9)8-7-3/h2,4,8H,1H2,(H,6,7). The number of alkyl halides is 1. The predicted octanol–water partition coefficient (Wildman–Crippen LogP) is -0.587. The summed E-state index contributed by atoms with van der Waals surface area (Å²) in [4.78, 5) is 13.9. The molecule has 50 valence electrons. The smallest absolute Gasteiger partial charge is 0.174 e. The van der Waals surface area contributed by atoms with Crippen molar-refractivity contribution in [1.82, 2.24) is 10.9 Å². The molecule has 1 heterocycles. The Labute approximate surface area is 60.8 Å². The van der Waals surface area contributed by atoms with Crippen LogP contribution in [0.2, 0.25) is 0 Å². The average molecular weight is 192 g/mol. The molecule has 1 unspecified atom stereocenters. The molecule has 0 aromatic rings. The number of carbonyl (C=O) groups excluding carboxylic acids is 1. The summed E-state index contributed by atoms with van der Waals surface area (Å²) in [7, 11) is 0. The molecule has 0 saturated carbocycles. The van der Waals surface area contributed by atoms with Gasteiger partial charge in [0.1, 0.15) is 5.84 Å². The largest absolute Gasteiger partial charge is 0.306 e. The fraction of sp³-hybridized carbons (Fsp3) is 0.500. The van der Waals surface area contributed by atoms with Gasteiger partial charge in [-0.15, -0.1) is 0 Å². The number of amidine groups is 1. The second kappa shape index (κ2) is 2.93. The van der Waals surface area contributed by atoms with Gasteiger partial charge in [-0.1, -0.05) is 15.9 Å². The molecule has 5 heteroatoms. The van der Waals surface area contributed by atoms with E-state index in [2.05, 4.69) is 31.8 Å². The van der Waals surface area contributed by atoms with E-state index in [1.165, 1.54) is 0 Å². The highest BCUT2D eigenvalue weighted by atomic mass is 79.9. The third-order valence-corrected chi connectivity index (χ3v) is 1.45. The van der Waals surface area contributed by atoms with Crippen LogP contribution in [0.25, 0.3) is 0 Å². The summed E-state index contributed by atoms with van der Waals surface area (Å²) in [5.41, 5.74) is 5.38. The van der Waals surface area contributed by atoms with E-state index in [0.29, 0.717) is 5.33 Å². The normalized spacial score (nSPS) is 25.0. The number of carbonyl (C=O) groups is 1. The number of nitrogens with one attached hydrogen (secondary N) is 2. The first kappa shape index (κ1) is 6.70. The minimum atomic E-state index is -0.405. The Balaban J connectivity index is 2.49. The van der Waals surface area contributed by atoms with E-state index in [9.17, 15) is 4.79 Å². The molecular formula is C4H6BrN3O. The first-order valence-corrected chi connectivity index (χ1v) is 3.58. The molecule has 0 amide bonds. The fourth-order valence-corrected chi connectivity index (χ4v) is 0.807. The highest BCUT2D eigenvalue weighted by Crippen LogP contribution is 1.91. The van der Waals surface area contributed by atoms with Gasteiger partial charge in [0.15, 0.2) is 12.5 Å². The van der Waals surface area contributed by atoms with Gasteiger partial charge in [-0.2, -0.15) is 0 Å². The van der Waals surface area contributed by atoms with Crippen LogP contribution in [0.4, 0.5) is 0 Å². The Morgan fingerprint density at radius 2 is 2.67 bits per heavy atom. The molecule has 1 aliphatic heterocycles. The second-order valence-electron chi connectivity index (χ2n) is 1.56. The van der Waals surface area contributed by atoms with Crippen molar-refractivity contribution >= 4 is 28.1 Å². The lowest BCUT2D eigenvalue weighted by molar-refractivity contribution is -0.109. The number of halogens is 1. The van der Waals surface area contributed by atoms with Crippen molar-refractivity contribution in [3.8, 4) is 0 Å². The van der Waals surface area contributed by atoms with Crippen molar-refractivity contribution < 1.29 is 4.79 Å². The van der Waals surface area contributed by atoms with Crippen molar-refractivity contribution in [2.24, 2.45) is 4.99 Å². The van der Waals surface area contributed by atoms with E-state index in [4.69, 9.17) is 0 Å². The van der Waals surface area contributed by atoms with Crippen LogP contribution in [0.5, 0.6) is 0 Å². The van der Waals surface area contributed by atoms with Gasteiger partial charge in [-0.25, -0.2) is 10.4 Å². The maximum Gasteiger partial charge on any atom is 0.174 e. The summed E-state index contributed by atoms with van der Waals surface area (Å²) in [5.74, 6) is 0.757. The highest BCUT2D eigenvalue weighted by Gasteiger charge is 2.12. The van der Waals surface area contributed by atoms with Crippen molar-refractivity contribution in [1.29, 1.82) is 0 Å². The topological polar surface area (TPSA) is 53.5 Å². The lowest BCUT2D eigenvalue weighted by Crippen LogP contribution is -2.35. The van der Waals surface area contributed by atoms with Crippen LogP contribution in [0.15, 0.2) is 4.99 Å². The van der Waals surface area contributed by atoms with Gasteiger partial charge in [-0.05, 0) is 0 Å². The SMILES string of the molecule is O=CC1N=C(CBr)NN1. The van der Waals surface area contributed by atoms with Gasteiger partial charge in [0, 0.05) is 0 Å². The second-order valence-corrected chi connectivity index (χ2v) is 2.12. The van der Waals surface area contributed by atoms with Crippen LogP contribution in [0.1, 0.15) is 0 Å². The van der Waals surface area contributed by atoms with Gasteiger partial charge in [0.25, 0.3) is 0 Å². The average Bonchev–Trinajstić information content (AvgIpc) is 2.34. The number of hydrogen-bond donors (Lipinski definition) is 2. The zero-order valence-corrected chi connectivity index (χ0v) is 6.18. The lowest BCUT2D eigenvalue weighted by Gasteiger charge is -1.95. The summed E-state index contributed by atoms with van der Waals surface area (Å²) in [6.07, 6.45) is 0.334. The molecule has 0 saturated heterocycles. The predicted molar refractivity (Wildman–Crippen MR) is 37.4 cm³/mol. The molecule has 0 spiro atoms. The first-order valence-electron chi connectivity index (χ1n) is 2.46. The zero-order chi connectivity index (χ0) is 6.69. The molecular weight excluding hydrogens is 186 g/mol. The Bertz CT molecular complexity index is 147. The summed E-state index contributed by atoms with van der Waals surface area (Å²) >= 11 is 3.18. The number of hydrazine groups is 1. The van der Waals surface area contributed by atoms with Gasteiger partial charge in [-0.3, -0.25) is 4.79 Å². The fourth-order valence-electron chi connectivity index (χ4n) is 0.522. The summed E-state index contributed by atoms with van der Waals surface area (Å²) in [5, 5.41) is 0.643. The Hall–Kier alpha value is -0.420. The van der Waals surface area contributed by atoms with E-state index in [0.717, 1.165) is 12.1 Å². The molecule has 0 aliphatic carbocycles. The monoisotopic (exact) mass is 191 g/mol. The number of rotatable bonds is 2. The maximum atomic E-state index is 10.0. The maximum absolute atomic E-state index is 10.0. The van der Waals surface area contributed by atoms with E-state index in [1.807, 2.05) is 0 Å². The molecule has 0 bridgehead atoms. The van der Waals surface area contributed by atoms with Crippen molar-refractivity contribution in [2.75, 3.05) is 5.33 Å². The zero-order valence-electron chi connectivity index (χ0n) is 4.60. The molecule has 0 fully saturated rings. The van der Waals surface area contributed by atoms with Gasteiger partial charge < -0.3 is 5.43 Å². The number of aldehydes is 1. The molecule has 1 rings (SSSR count). The molecule has 0 aromatic heterocycles. The summed E-state index contributed by atoms with van der Waals surface area (Å²) < 4.78 is 0. The molecule has 9 heavy (non-hydrogen) atoms. The molecule has 0 aromatic carbocycles. The van der Waals surface area contributed by atoms with E-state index < -0.39 is 6.17 Å². The van der Waals surface area contributed by atoms with E-state index >= 15 is 0 Å². The van der Waals surface area contributed by atoms with Crippen LogP contribution in [0.3, 0.4) is 0 Å². The molecule has 0 radical (unpaired) electrons. The quantitative estimate of drug-likeness (QED) is 0.454. The Kier molecular flexibility index (Phi) is 2.18. The number of hydrogen-bond acceptors (Lipinski definition) is 4. The first-order chi connectivity index (χ1) is 4.36. The van der Waals surface area contributed by atoms with Crippen molar-refractivity contribution in [3.63, 3.8) is 0 Å². The van der Waals surface area contributed by atoms with Gasteiger partial charge in [0.05, 0.1) is 5.33 Å². The Morgan fingerprint density at radius 3 is 3.00 bits per heavy atom. The molecule has 1 atom stereocenters. The third-order valence-electron chi connectivity index (χ3n) is 0.915. The van der Waals surface area contributed by atoms with Gasteiger partial charge in [0.2, 0.25) is 0 Å². The van der Waals surface area contributed by atoms with Crippen molar-refractivity contribution in [3.05, 3.63) is 0 Å². The van der Waals surface area contributed by atoms with Crippen molar-refractivity contribution in [2.45, 2.75) is 6.17 Å². The van der Waals surface area contributed by atoms with Crippen LogP contribution in [-0.2, 0) is 4.79 Å². The van der Waals surface area contributed by atoms with Crippen LogP contribution in [-0.4, -0.2) is 23.6 Å². The van der Waals surface area contributed by atoms with Crippen LogP contribution < -0.4 is 10.9 Å². The van der Waals surface area contributed by atoms with Crippen LogP contribution >= 0.6 is 15.9 Å². The third kappa shape index (κ3) is 1.49. The minimum Gasteiger partial charge on any atom is -0.306 e. The Morgan fingerprint density at radius 1 is 1.89 bits per heavy atom. The highest BCUT2D eigenvalue weighted by molar-refractivity contribution is 9.09. The van der Waals surface area contributed by atoms with Crippen LogP contribution in [0, 0.1) is 0 Å². The summed E-state index contributed by atoms with van der Waals surface area (Å²) in [6, 6.07) is 0.